The molecular formula is C22H22ClNO4S. The van der Waals surface area contributed by atoms with Gasteiger partial charge in [0.25, 0.3) is 10.0 Å². The van der Waals surface area contributed by atoms with Crippen LogP contribution in [0.4, 0.5) is 5.69 Å². The first-order chi connectivity index (χ1) is 13.9. The van der Waals surface area contributed by atoms with Crippen molar-refractivity contribution < 1.29 is 17.9 Å². The predicted octanol–water partition coefficient (Wildman–Crippen LogP) is 5.31. The summed E-state index contributed by atoms with van der Waals surface area (Å²) in [6.45, 7) is 1.80. The Hall–Kier alpha value is -2.70. The maximum absolute atomic E-state index is 13.6. The van der Waals surface area contributed by atoms with Gasteiger partial charge in [-0.25, -0.2) is 8.42 Å². The van der Waals surface area contributed by atoms with Gasteiger partial charge >= 0.3 is 0 Å². The summed E-state index contributed by atoms with van der Waals surface area (Å²) in [5.74, 6) is 1.17. The first-order valence-electron chi connectivity index (χ1n) is 8.95. The molecule has 0 heterocycles. The largest absolute Gasteiger partial charge is 0.497 e. The van der Waals surface area contributed by atoms with Crippen molar-refractivity contribution in [2.24, 2.45) is 0 Å². The van der Waals surface area contributed by atoms with Crippen molar-refractivity contribution in [3.63, 3.8) is 0 Å². The fraction of sp³-hybridized carbons (Fsp3) is 0.182. The van der Waals surface area contributed by atoms with E-state index in [-0.39, 0.29) is 4.90 Å². The molecule has 0 spiro atoms. The Labute approximate surface area is 176 Å². The molecule has 0 unspecified atom stereocenters. The lowest BCUT2D eigenvalue weighted by Crippen LogP contribution is -2.34. The maximum atomic E-state index is 13.6. The van der Waals surface area contributed by atoms with Crippen LogP contribution in [0.2, 0.25) is 5.02 Å². The highest BCUT2D eigenvalue weighted by molar-refractivity contribution is 7.92. The number of hydrogen-bond donors (Lipinski definition) is 0. The van der Waals surface area contributed by atoms with E-state index in [1.54, 1.807) is 93.9 Å². The summed E-state index contributed by atoms with van der Waals surface area (Å²) in [7, 11) is -0.774. The first-order valence-corrected chi connectivity index (χ1v) is 10.8. The quantitative estimate of drug-likeness (QED) is 0.508. The minimum atomic E-state index is -3.88. The van der Waals surface area contributed by atoms with E-state index in [4.69, 9.17) is 21.1 Å². The van der Waals surface area contributed by atoms with E-state index >= 15 is 0 Å². The third-order valence-electron chi connectivity index (χ3n) is 4.60. The third-order valence-corrected chi connectivity index (χ3v) is 6.75. The second-order valence-electron chi connectivity index (χ2n) is 6.38. The number of sulfonamides is 1. The fourth-order valence-electron chi connectivity index (χ4n) is 3.18. The van der Waals surface area contributed by atoms with E-state index in [1.165, 1.54) is 4.31 Å². The van der Waals surface area contributed by atoms with Crippen LogP contribution in [0.1, 0.15) is 18.5 Å². The molecular weight excluding hydrogens is 410 g/mol. The van der Waals surface area contributed by atoms with E-state index in [0.717, 1.165) is 0 Å². The minimum Gasteiger partial charge on any atom is -0.497 e. The molecule has 0 bridgehead atoms. The van der Waals surface area contributed by atoms with Crippen LogP contribution in [0, 0.1) is 0 Å². The van der Waals surface area contributed by atoms with Crippen LogP contribution in [-0.2, 0) is 10.0 Å². The third kappa shape index (κ3) is 4.33. The Balaban J connectivity index is 2.21. The summed E-state index contributed by atoms with van der Waals surface area (Å²) in [4.78, 5) is 0.189. The normalized spacial score (nSPS) is 12.3. The smallest absolute Gasteiger partial charge is 0.264 e. The Morgan fingerprint density at radius 3 is 2.24 bits per heavy atom. The minimum absolute atomic E-state index is 0.189. The Bertz CT molecular complexity index is 1090. The van der Waals surface area contributed by atoms with E-state index in [9.17, 15) is 8.42 Å². The van der Waals surface area contributed by atoms with Gasteiger partial charge < -0.3 is 9.47 Å². The summed E-state index contributed by atoms with van der Waals surface area (Å²) >= 11 is 6.18. The molecule has 0 aliphatic rings. The molecule has 3 aromatic rings. The summed E-state index contributed by atoms with van der Waals surface area (Å²) in [6, 6.07) is 19.8. The number of benzene rings is 3. The molecule has 0 fully saturated rings. The molecule has 5 nitrogen and oxygen atoms in total. The SMILES string of the molecule is COc1ccc(OC)c([C@H](C)N(c2cccc(Cl)c2)S(=O)(=O)c2ccccc2)c1. The number of nitrogens with zero attached hydrogens (tertiary/aromatic N) is 1. The van der Waals surface area contributed by atoms with Crippen LogP contribution in [0.25, 0.3) is 0 Å². The first kappa shape index (κ1) is 21.0. The van der Waals surface area contributed by atoms with Crippen LogP contribution >= 0.6 is 11.6 Å². The van der Waals surface area contributed by atoms with Crippen LogP contribution < -0.4 is 13.8 Å². The van der Waals surface area contributed by atoms with E-state index in [0.29, 0.717) is 27.8 Å². The zero-order valence-corrected chi connectivity index (χ0v) is 17.9. The van der Waals surface area contributed by atoms with Gasteiger partial charge in [-0.1, -0.05) is 35.9 Å². The molecule has 0 saturated heterocycles. The number of hydrogen-bond acceptors (Lipinski definition) is 4. The number of halogens is 1. The second kappa shape index (κ2) is 8.76. The summed E-state index contributed by atoms with van der Waals surface area (Å²) < 4.78 is 39.4. The number of anilines is 1. The number of rotatable bonds is 7. The van der Waals surface area contributed by atoms with Gasteiger partial charge in [0, 0.05) is 10.6 Å². The maximum Gasteiger partial charge on any atom is 0.264 e. The predicted molar refractivity (Wildman–Crippen MR) is 116 cm³/mol. The summed E-state index contributed by atoms with van der Waals surface area (Å²) in [5.41, 5.74) is 1.13. The molecule has 0 saturated carbocycles. The van der Waals surface area contributed by atoms with Gasteiger partial charge in [-0.05, 0) is 55.5 Å². The van der Waals surface area contributed by atoms with Gasteiger partial charge in [-0.3, -0.25) is 4.31 Å². The number of ether oxygens (including phenoxy) is 2. The van der Waals surface area contributed by atoms with Crippen LogP contribution in [-0.4, -0.2) is 22.6 Å². The lowest BCUT2D eigenvalue weighted by molar-refractivity contribution is 0.396. The molecule has 152 valence electrons. The van der Waals surface area contributed by atoms with Crippen molar-refractivity contribution in [1.29, 1.82) is 0 Å². The topological polar surface area (TPSA) is 55.8 Å². The van der Waals surface area contributed by atoms with Crippen molar-refractivity contribution >= 4 is 27.3 Å². The van der Waals surface area contributed by atoms with Crippen molar-refractivity contribution in [1.82, 2.24) is 0 Å². The van der Waals surface area contributed by atoms with Gasteiger partial charge in [0.05, 0.1) is 30.8 Å². The molecule has 0 amide bonds. The monoisotopic (exact) mass is 431 g/mol. The van der Waals surface area contributed by atoms with Gasteiger partial charge in [-0.2, -0.15) is 0 Å². The molecule has 0 aromatic heterocycles. The Morgan fingerprint density at radius 2 is 1.62 bits per heavy atom. The molecule has 0 aliphatic carbocycles. The van der Waals surface area contributed by atoms with E-state index < -0.39 is 16.1 Å². The van der Waals surface area contributed by atoms with Gasteiger partial charge in [0.2, 0.25) is 0 Å². The highest BCUT2D eigenvalue weighted by Gasteiger charge is 2.32. The van der Waals surface area contributed by atoms with Crippen LogP contribution in [0.3, 0.4) is 0 Å². The fourth-order valence-corrected chi connectivity index (χ4v) is 5.02. The molecule has 29 heavy (non-hydrogen) atoms. The lowest BCUT2D eigenvalue weighted by Gasteiger charge is -2.32. The average Bonchev–Trinajstić information content (AvgIpc) is 2.73. The summed E-state index contributed by atoms with van der Waals surface area (Å²) in [6.07, 6.45) is 0. The van der Waals surface area contributed by atoms with Crippen LogP contribution in [0.15, 0.2) is 77.7 Å². The van der Waals surface area contributed by atoms with Crippen LogP contribution in [0.5, 0.6) is 11.5 Å². The molecule has 0 radical (unpaired) electrons. The van der Waals surface area contributed by atoms with Crippen molar-refractivity contribution in [3.8, 4) is 11.5 Å². The molecule has 0 N–H and O–H groups in total. The molecule has 3 rings (SSSR count). The highest BCUT2D eigenvalue weighted by Crippen LogP contribution is 2.39. The zero-order valence-electron chi connectivity index (χ0n) is 16.4. The Morgan fingerprint density at radius 1 is 0.897 bits per heavy atom. The second-order valence-corrected chi connectivity index (χ2v) is 8.63. The van der Waals surface area contributed by atoms with Gasteiger partial charge in [0.1, 0.15) is 11.5 Å². The summed E-state index contributed by atoms with van der Waals surface area (Å²) in [5, 5.41) is 0.445. The van der Waals surface area contributed by atoms with E-state index in [1.807, 2.05) is 0 Å². The molecule has 1 atom stereocenters. The van der Waals surface area contributed by atoms with Crippen molar-refractivity contribution in [2.45, 2.75) is 17.9 Å². The zero-order chi connectivity index (χ0) is 21.0. The van der Waals surface area contributed by atoms with E-state index in [2.05, 4.69) is 0 Å². The molecule has 7 heteroatoms. The standard InChI is InChI=1S/C22H22ClNO4S/c1-16(21-15-19(27-2)12-13-22(21)28-3)24(18-9-7-8-17(23)14-18)29(25,26)20-10-5-4-6-11-20/h4-16H,1-3H3/t16-/m0/s1. The average molecular weight is 432 g/mol. The molecule has 3 aromatic carbocycles. The lowest BCUT2D eigenvalue weighted by atomic mass is 10.1. The van der Waals surface area contributed by atoms with Crippen molar-refractivity contribution in [3.05, 3.63) is 83.4 Å². The number of methoxy groups -OCH3 is 2. The highest BCUT2D eigenvalue weighted by atomic mass is 35.5. The van der Waals surface area contributed by atoms with Gasteiger partial charge in [0.15, 0.2) is 0 Å². The molecule has 0 aliphatic heterocycles. The van der Waals surface area contributed by atoms with Crippen molar-refractivity contribution in [2.75, 3.05) is 18.5 Å². The Kier molecular flexibility index (Phi) is 6.35. The van der Waals surface area contributed by atoms with Gasteiger partial charge in [-0.15, -0.1) is 0 Å².